The Labute approximate surface area is 341 Å². The maximum absolute atomic E-state index is 10.4. The molecule has 4 N–H and O–H groups in total. The Bertz CT molecular complexity index is 1690. The van der Waals surface area contributed by atoms with Crippen molar-refractivity contribution in [3.05, 3.63) is 159 Å². The van der Waals surface area contributed by atoms with Crippen molar-refractivity contribution in [1.29, 1.82) is 0 Å². The van der Waals surface area contributed by atoms with E-state index in [0.29, 0.717) is 5.89 Å². The smallest absolute Gasteiger partial charge is 0.248 e. The quantitative estimate of drug-likeness (QED) is 0.107. The largest absolute Gasteiger partial charge is 0.501 e. The molecule has 15 heteroatoms. The van der Waals surface area contributed by atoms with Gasteiger partial charge in [0.25, 0.3) is 0 Å². The Morgan fingerprint density at radius 1 is 0.789 bits per heavy atom. The molecule has 310 valence electrons. The van der Waals surface area contributed by atoms with E-state index >= 15 is 0 Å². The van der Waals surface area contributed by atoms with Crippen molar-refractivity contribution in [3.63, 3.8) is 0 Å². The van der Waals surface area contributed by atoms with Crippen molar-refractivity contribution in [3.8, 4) is 0 Å². The van der Waals surface area contributed by atoms with Crippen molar-refractivity contribution in [2.75, 3.05) is 32.8 Å². The van der Waals surface area contributed by atoms with Gasteiger partial charge >= 0.3 is 0 Å². The molecule has 0 saturated heterocycles. The van der Waals surface area contributed by atoms with Crippen LogP contribution in [0.3, 0.4) is 0 Å². The van der Waals surface area contributed by atoms with Crippen LogP contribution in [-0.2, 0) is 4.74 Å². The van der Waals surface area contributed by atoms with Gasteiger partial charge in [-0.2, -0.15) is 5.10 Å². The van der Waals surface area contributed by atoms with Crippen LogP contribution in [0.2, 0.25) is 0 Å². The molecule has 9 heterocycles. The summed E-state index contributed by atoms with van der Waals surface area (Å²) in [5.41, 5.74) is 9.42. The third-order valence-electron chi connectivity index (χ3n) is 7.00. The van der Waals surface area contributed by atoms with Crippen LogP contribution in [0.4, 0.5) is 0 Å². The zero-order valence-corrected chi connectivity index (χ0v) is 35.7. The van der Waals surface area contributed by atoms with Gasteiger partial charge in [0.05, 0.1) is 37.1 Å². The highest BCUT2D eigenvalue weighted by atomic mass is 32.1. The van der Waals surface area contributed by atoms with Crippen LogP contribution in [0.15, 0.2) is 133 Å². The number of thiazole rings is 1. The molecule has 3 aliphatic heterocycles. The molecule has 6 aromatic heterocycles. The Hall–Kier alpha value is -5.64. The standard InChI is InChI=1S/C6H7NO.C6H11N.C5H9N.C5H8O.C5H6O.C4H6N2.C4H5NO.C4H5NS.C3H4N2O/c1-5-2-3-7-6(8)4-5;1-6-2-4-7-5-3-6;3*1-5-2-3-6-4-5;1-4-2-3-5-6-4;2*1-4-2-5-3-6-4;1-3-5-4-2-6-3/h2-4H,1H3,(H,7,8);2,7H,3-5H2,1H3;2,6H,3-4H2,1H3;4H,2-3H2,1H3;2-4H,1H3;2-3H,1H3,(H,5,6);2*2-3H,1H3;2H,1H3. The number of H-pyrrole nitrogens is 2. The molecule has 3 aliphatic rings. The molecule has 0 atom stereocenters. The summed E-state index contributed by atoms with van der Waals surface area (Å²) in [6, 6.07) is 7.24. The topological polar surface area (TPSA) is 186 Å². The van der Waals surface area contributed by atoms with Crippen LogP contribution in [0.1, 0.15) is 67.0 Å². The average Bonchev–Trinajstić information content (AvgIpc) is 4.03. The fourth-order valence-electron chi connectivity index (χ4n) is 3.80. The lowest BCUT2D eigenvalue weighted by molar-refractivity contribution is 0.281. The summed E-state index contributed by atoms with van der Waals surface area (Å²) in [7, 11) is 0. The van der Waals surface area contributed by atoms with Gasteiger partial charge in [0.2, 0.25) is 17.8 Å². The van der Waals surface area contributed by atoms with Crippen LogP contribution in [0.25, 0.3) is 0 Å². The Morgan fingerprint density at radius 3 is 1.79 bits per heavy atom. The van der Waals surface area contributed by atoms with E-state index in [1.54, 1.807) is 55.4 Å². The second-order valence-electron chi connectivity index (χ2n) is 12.7. The lowest BCUT2D eigenvalue weighted by Crippen LogP contribution is -2.19. The number of ether oxygens (including phenoxy) is 1. The molecule has 9 rings (SSSR count). The van der Waals surface area contributed by atoms with Gasteiger partial charge in [-0.3, -0.25) is 14.9 Å². The van der Waals surface area contributed by atoms with E-state index < -0.39 is 0 Å². The lowest BCUT2D eigenvalue weighted by atomic mass is 10.1. The number of aromatic amines is 2. The third kappa shape index (κ3) is 31.3. The summed E-state index contributed by atoms with van der Waals surface area (Å²) in [4.78, 5) is 21.7. The van der Waals surface area contributed by atoms with E-state index in [9.17, 15) is 4.79 Å². The minimum atomic E-state index is -0.0370. The molecule has 0 radical (unpaired) electrons. The second kappa shape index (κ2) is 32.6. The fourth-order valence-corrected chi connectivity index (χ4v) is 4.21. The molecule has 14 nitrogen and oxygen atoms in total. The summed E-state index contributed by atoms with van der Waals surface area (Å²) in [6.07, 6.45) is 21.6. The maximum atomic E-state index is 10.4. The monoisotopic (exact) mass is 803 g/mol. The molecule has 6 aromatic rings. The van der Waals surface area contributed by atoms with Gasteiger partial charge < -0.3 is 33.6 Å². The molecule has 0 saturated carbocycles. The summed E-state index contributed by atoms with van der Waals surface area (Å²) < 4.78 is 18.9. The SMILES string of the molecule is CC1=CCNC1.CC1=CCNCC1.CC1=COCC1.Cc1cc[nH]c(=O)c1.Cc1ccn[nH]1.Cc1ccoc1.Cc1cnco1.Cc1cncs1.Cc1nnco1. The first-order valence-corrected chi connectivity index (χ1v) is 19.4. The highest BCUT2D eigenvalue weighted by molar-refractivity contribution is 7.09. The van der Waals surface area contributed by atoms with Crippen LogP contribution in [0.5, 0.6) is 0 Å². The predicted octanol–water partition coefficient (Wildman–Crippen LogP) is 8.57. The van der Waals surface area contributed by atoms with Gasteiger partial charge in [-0.05, 0) is 103 Å². The summed E-state index contributed by atoms with van der Waals surface area (Å²) in [6.45, 7) is 23.2. The fraction of sp³-hybridized carbons (Fsp3) is 0.381. The number of nitrogens with one attached hydrogen (secondary N) is 4. The second-order valence-corrected chi connectivity index (χ2v) is 13.8. The van der Waals surface area contributed by atoms with Crippen molar-refractivity contribution < 1.29 is 18.0 Å². The number of furan rings is 1. The van der Waals surface area contributed by atoms with E-state index in [1.165, 1.54) is 52.9 Å². The number of aromatic nitrogens is 7. The van der Waals surface area contributed by atoms with E-state index in [1.807, 2.05) is 70.8 Å². The maximum Gasteiger partial charge on any atom is 0.248 e. The minimum Gasteiger partial charge on any atom is -0.501 e. The van der Waals surface area contributed by atoms with Gasteiger partial charge in [-0.25, -0.2) is 4.98 Å². The molecular formula is C42H61N9O5S. The molecule has 0 bridgehead atoms. The Kier molecular flexibility index (Phi) is 28.2. The van der Waals surface area contributed by atoms with Crippen molar-refractivity contribution in [2.45, 2.75) is 75.2 Å². The van der Waals surface area contributed by atoms with Crippen LogP contribution >= 0.6 is 11.3 Å². The number of aryl methyl sites for hydroxylation is 6. The van der Waals surface area contributed by atoms with E-state index in [-0.39, 0.29) is 5.56 Å². The molecule has 0 aliphatic carbocycles. The lowest BCUT2D eigenvalue weighted by Gasteiger charge is -2.08. The third-order valence-corrected chi connectivity index (χ3v) is 7.71. The van der Waals surface area contributed by atoms with Gasteiger partial charge in [-0.15, -0.1) is 21.5 Å². The van der Waals surface area contributed by atoms with Crippen LogP contribution < -0.4 is 16.2 Å². The first-order chi connectivity index (χ1) is 27.4. The van der Waals surface area contributed by atoms with Crippen molar-refractivity contribution in [2.24, 2.45) is 0 Å². The number of hydrogen-bond acceptors (Lipinski definition) is 13. The highest BCUT2D eigenvalue weighted by Gasteiger charge is 1.96. The molecule has 57 heavy (non-hydrogen) atoms. The summed E-state index contributed by atoms with van der Waals surface area (Å²) >= 11 is 1.67. The molecule has 0 spiro atoms. The Balaban J connectivity index is 0.000000321. The molecule has 0 unspecified atom stereocenters. The molecule has 0 aromatic carbocycles. The van der Waals surface area contributed by atoms with E-state index in [0.717, 1.165) is 49.7 Å². The summed E-state index contributed by atoms with van der Waals surface area (Å²) in [5.74, 6) is 1.46. The Morgan fingerprint density at radius 2 is 1.58 bits per heavy atom. The first-order valence-electron chi connectivity index (χ1n) is 18.5. The number of pyridine rings is 1. The zero-order valence-electron chi connectivity index (χ0n) is 34.9. The average molecular weight is 804 g/mol. The molecule has 0 amide bonds. The molecular weight excluding hydrogens is 743 g/mol. The summed E-state index contributed by atoms with van der Waals surface area (Å²) in [5, 5.41) is 19.8. The predicted molar refractivity (Wildman–Crippen MR) is 228 cm³/mol. The van der Waals surface area contributed by atoms with E-state index in [4.69, 9.17) is 13.6 Å². The number of hydrogen-bond donors (Lipinski definition) is 4. The molecule has 0 fully saturated rings. The number of oxazole rings is 1. The highest BCUT2D eigenvalue weighted by Crippen LogP contribution is 2.06. The normalized spacial score (nSPS) is 12.9. The van der Waals surface area contributed by atoms with Gasteiger partial charge in [-0.1, -0.05) is 23.3 Å². The minimum absolute atomic E-state index is 0.0370. The number of rotatable bonds is 0. The van der Waals surface area contributed by atoms with Crippen molar-refractivity contribution in [1.82, 2.24) is 46.0 Å². The van der Waals surface area contributed by atoms with Gasteiger partial charge in [0.1, 0.15) is 5.76 Å². The van der Waals surface area contributed by atoms with Gasteiger partial charge in [0, 0.05) is 68.2 Å². The number of nitrogens with zero attached hydrogens (tertiary/aromatic N) is 5. The van der Waals surface area contributed by atoms with Crippen LogP contribution in [-0.4, -0.2) is 68.1 Å². The van der Waals surface area contributed by atoms with Crippen LogP contribution in [0, 0.1) is 41.5 Å². The van der Waals surface area contributed by atoms with E-state index in [2.05, 4.69) is 83.3 Å². The first kappa shape index (κ1) is 49.4. The van der Waals surface area contributed by atoms with Gasteiger partial charge in [0.15, 0.2) is 6.39 Å². The zero-order chi connectivity index (χ0) is 41.9. The van der Waals surface area contributed by atoms with Crippen molar-refractivity contribution >= 4 is 11.3 Å².